The van der Waals surface area contributed by atoms with Crippen LogP contribution in [0.5, 0.6) is 5.75 Å². The van der Waals surface area contributed by atoms with Crippen LogP contribution in [-0.4, -0.2) is 37.7 Å². The molecule has 0 bridgehead atoms. The number of ether oxygens (including phenoxy) is 1. The summed E-state index contributed by atoms with van der Waals surface area (Å²) in [5.74, 6) is 2.40. The van der Waals surface area contributed by atoms with Gasteiger partial charge in [-0.3, -0.25) is 4.90 Å². The third kappa shape index (κ3) is 7.72. The summed E-state index contributed by atoms with van der Waals surface area (Å²) in [5.41, 5.74) is 6.89. The third-order valence-electron chi connectivity index (χ3n) is 8.95. The molecule has 1 saturated heterocycles. The van der Waals surface area contributed by atoms with Gasteiger partial charge in [0.2, 0.25) is 0 Å². The fraction of sp³-hybridized carbons (Fsp3) is 0.333. The Morgan fingerprint density at radius 3 is 2.21 bits per heavy atom. The molecule has 2 atom stereocenters. The minimum absolute atomic E-state index is 0.645. The molecule has 1 aliphatic carbocycles. The Kier molecular flexibility index (Phi) is 9.69. The summed E-state index contributed by atoms with van der Waals surface area (Å²) in [6, 6.07) is 39.3. The van der Waals surface area contributed by atoms with Crippen molar-refractivity contribution in [3.8, 4) is 16.9 Å². The topological polar surface area (TPSA) is 15.7 Å². The average Bonchev–Trinajstić information content (AvgIpc) is 3.05. The second-order valence-corrected chi connectivity index (χ2v) is 12.0. The molecule has 3 nitrogen and oxygen atoms in total. The van der Waals surface area contributed by atoms with E-state index < -0.39 is 0 Å². The van der Waals surface area contributed by atoms with Gasteiger partial charge in [-0.05, 0) is 90.5 Å². The van der Waals surface area contributed by atoms with E-state index in [2.05, 4.69) is 101 Å². The van der Waals surface area contributed by atoms with E-state index in [-0.39, 0.29) is 0 Å². The summed E-state index contributed by atoms with van der Waals surface area (Å²) in [4.78, 5) is 5.16. The van der Waals surface area contributed by atoms with E-state index >= 15 is 0 Å². The van der Waals surface area contributed by atoms with Crippen LogP contribution in [0.4, 0.5) is 5.69 Å². The molecule has 0 saturated carbocycles. The SMILES string of the molecule is C1=CC(Cc2ccc(N3CCN(Cc4ccccc4-c4ccccc4)CC3)cc2)CC(CCCOc2ccccc2)C1. The van der Waals surface area contributed by atoms with Crippen LogP contribution in [-0.2, 0) is 13.0 Å². The Labute approximate surface area is 252 Å². The lowest BCUT2D eigenvalue weighted by atomic mass is 9.81. The molecule has 0 N–H and O–H groups in total. The van der Waals surface area contributed by atoms with Crippen molar-refractivity contribution < 1.29 is 4.74 Å². The van der Waals surface area contributed by atoms with Crippen molar-refractivity contribution in [1.29, 1.82) is 0 Å². The summed E-state index contributed by atoms with van der Waals surface area (Å²) >= 11 is 0. The number of allylic oxidation sites excluding steroid dienone is 2. The maximum absolute atomic E-state index is 5.91. The molecular weight excluding hydrogens is 512 g/mol. The van der Waals surface area contributed by atoms with E-state index in [9.17, 15) is 0 Å². The highest BCUT2D eigenvalue weighted by Crippen LogP contribution is 2.30. The van der Waals surface area contributed by atoms with Crippen molar-refractivity contribution in [3.63, 3.8) is 0 Å². The molecule has 216 valence electrons. The molecule has 3 heteroatoms. The summed E-state index contributed by atoms with van der Waals surface area (Å²) in [6.07, 6.45) is 10.9. The van der Waals surface area contributed by atoms with Gasteiger partial charge in [-0.15, -0.1) is 0 Å². The lowest BCUT2D eigenvalue weighted by Gasteiger charge is -2.36. The van der Waals surface area contributed by atoms with Crippen molar-refractivity contribution in [1.82, 2.24) is 4.90 Å². The highest BCUT2D eigenvalue weighted by molar-refractivity contribution is 5.67. The monoisotopic (exact) mass is 556 g/mol. The van der Waals surface area contributed by atoms with E-state index in [0.29, 0.717) is 5.92 Å². The summed E-state index contributed by atoms with van der Waals surface area (Å²) < 4.78 is 5.91. The highest BCUT2D eigenvalue weighted by atomic mass is 16.5. The predicted octanol–water partition coefficient (Wildman–Crippen LogP) is 8.66. The Hall–Kier alpha value is -3.82. The van der Waals surface area contributed by atoms with Crippen LogP contribution in [0.1, 0.15) is 36.8 Å². The van der Waals surface area contributed by atoms with Gasteiger partial charge in [-0.25, -0.2) is 0 Å². The lowest BCUT2D eigenvalue weighted by Crippen LogP contribution is -2.46. The number of hydrogen-bond acceptors (Lipinski definition) is 3. The van der Waals surface area contributed by atoms with Gasteiger partial charge in [-0.1, -0.05) is 97.1 Å². The number of piperazine rings is 1. The molecular formula is C39H44N2O. The number of benzene rings is 4. The fourth-order valence-electron chi connectivity index (χ4n) is 6.64. The van der Waals surface area contributed by atoms with Gasteiger partial charge < -0.3 is 9.64 Å². The number of hydrogen-bond donors (Lipinski definition) is 0. The number of para-hydroxylation sites is 1. The van der Waals surface area contributed by atoms with E-state index in [1.807, 2.05) is 30.3 Å². The number of rotatable bonds is 11. The minimum Gasteiger partial charge on any atom is -0.494 e. The van der Waals surface area contributed by atoms with Crippen LogP contribution >= 0.6 is 0 Å². The Morgan fingerprint density at radius 2 is 1.43 bits per heavy atom. The fourth-order valence-corrected chi connectivity index (χ4v) is 6.64. The molecule has 0 amide bonds. The normalized spacial score (nSPS) is 19.1. The average molecular weight is 557 g/mol. The molecule has 2 unspecified atom stereocenters. The number of anilines is 1. The van der Waals surface area contributed by atoms with Crippen molar-refractivity contribution >= 4 is 5.69 Å². The van der Waals surface area contributed by atoms with Crippen LogP contribution < -0.4 is 9.64 Å². The van der Waals surface area contributed by atoms with Crippen LogP contribution in [0.15, 0.2) is 121 Å². The molecule has 0 aromatic heterocycles. The van der Waals surface area contributed by atoms with Crippen molar-refractivity contribution in [2.45, 2.75) is 38.6 Å². The summed E-state index contributed by atoms with van der Waals surface area (Å²) in [7, 11) is 0. The van der Waals surface area contributed by atoms with Crippen molar-refractivity contribution in [2.75, 3.05) is 37.7 Å². The van der Waals surface area contributed by atoms with Gasteiger partial charge in [0.1, 0.15) is 5.75 Å². The summed E-state index contributed by atoms with van der Waals surface area (Å²) in [5, 5.41) is 0. The molecule has 1 fully saturated rings. The van der Waals surface area contributed by atoms with E-state index in [0.717, 1.165) is 63.8 Å². The second-order valence-electron chi connectivity index (χ2n) is 12.0. The molecule has 0 spiro atoms. The zero-order chi connectivity index (χ0) is 28.4. The lowest BCUT2D eigenvalue weighted by molar-refractivity contribution is 0.250. The maximum atomic E-state index is 5.91. The first-order valence-electron chi connectivity index (χ1n) is 15.8. The van der Waals surface area contributed by atoms with Crippen LogP contribution in [0.2, 0.25) is 0 Å². The van der Waals surface area contributed by atoms with Gasteiger partial charge in [-0.2, -0.15) is 0 Å². The van der Waals surface area contributed by atoms with Crippen LogP contribution in [0.25, 0.3) is 11.1 Å². The van der Waals surface area contributed by atoms with Crippen LogP contribution in [0.3, 0.4) is 0 Å². The quantitative estimate of drug-likeness (QED) is 0.136. The second kappa shape index (κ2) is 14.4. The first-order valence-corrected chi connectivity index (χ1v) is 15.8. The maximum Gasteiger partial charge on any atom is 0.119 e. The number of nitrogens with zero attached hydrogens (tertiary/aromatic N) is 2. The first-order chi connectivity index (χ1) is 20.8. The zero-order valence-electron chi connectivity index (χ0n) is 24.8. The van der Waals surface area contributed by atoms with E-state index in [1.165, 1.54) is 47.2 Å². The van der Waals surface area contributed by atoms with Gasteiger partial charge in [0, 0.05) is 38.4 Å². The van der Waals surface area contributed by atoms with Gasteiger partial charge >= 0.3 is 0 Å². The Morgan fingerprint density at radius 1 is 0.714 bits per heavy atom. The molecule has 6 rings (SSSR count). The molecule has 42 heavy (non-hydrogen) atoms. The first kappa shape index (κ1) is 28.3. The smallest absolute Gasteiger partial charge is 0.119 e. The Bertz CT molecular complexity index is 1390. The molecule has 2 aliphatic rings. The van der Waals surface area contributed by atoms with Crippen molar-refractivity contribution in [3.05, 3.63) is 132 Å². The van der Waals surface area contributed by atoms with E-state index in [4.69, 9.17) is 4.74 Å². The standard InChI is InChI=1S/C39H44N2O/c1-3-14-35(15-4-1)39-19-8-7-16-36(39)31-40-24-26-41(27-25-40)37-22-20-33(21-23-37)30-34-12-9-11-32(29-34)13-10-28-42-38-17-5-2-6-18-38/h1-9,12,14-23,32,34H,10-11,13,24-31H2. The zero-order valence-corrected chi connectivity index (χ0v) is 24.8. The molecule has 1 heterocycles. The largest absolute Gasteiger partial charge is 0.494 e. The van der Waals surface area contributed by atoms with Crippen LogP contribution in [0, 0.1) is 11.8 Å². The third-order valence-corrected chi connectivity index (χ3v) is 8.95. The Balaban J connectivity index is 0.947. The van der Waals surface area contributed by atoms with Gasteiger partial charge in [0.05, 0.1) is 6.61 Å². The predicted molar refractivity (Wildman–Crippen MR) is 176 cm³/mol. The highest BCUT2D eigenvalue weighted by Gasteiger charge is 2.20. The molecule has 0 radical (unpaired) electrons. The van der Waals surface area contributed by atoms with Crippen molar-refractivity contribution in [2.24, 2.45) is 11.8 Å². The summed E-state index contributed by atoms with van der Waals surface area (Å²) in [6.45, 7) is 6.16. The molecule has 4 aromatic rings. The minimum atomic E-state index is 0.645. The van der Waals surface area contributed by atoms with Gasteiger partial charge in [0.25, 0.3) is 0 Å². The van der Waals surface area contributed by atoms with E-state index in [1.54, 1.807) is 0 Å². The van der Waals surface area contributed by atoms with Gasteiger partial charge in [0.15, 0.2) is 0 Å². The molecule has 1 aliphatic heterocycles. The molecule has 4 aromatic carbocycles.